The predicted octanol–water partition coefficient (Wildman–Crippen LogP) is 1.30. The summed E-state index contributed by atoms with van der Waals surface area (Å²) < 4.78 is 5.06. The molecule has 1 amide bonds. The Morgan fingerprint density at radius 2 is 2.10 bits per heavy atom. The number of ether oxygens (including phenoxy) is 1. The summed E-state index contributed by atoms with van der Waals surface area (Å²) in [5, 5.41) is 11.9. The molecule has 6 nitrogen and oxygen atoms in total. The van der Waals surface area contributed by atoms with Crippen LogP contribution in [0.25, 0.3) is 0 Å². The van der Waals surface area contributed by atoms with Crippen LogP contribution >= 0.6 is 0 Å². The maximum absolute atomic E-state index is 12.1. The van der Waals surface area contributed by atoms with E-state index in [9.17, 15) is 9.90 Å². The van der Waals surface area contributed by atoms with Gasteiger partial charge in [0.15, 0.2) is 0 Å². The average molecular weight is 287 g/mol. The number of pyridine rings is 1. The molecule has 110 valence electrons. The Balaban J connectivity index is 2.01. The number of phenolic OH excluding ortho intramolecular Hbond substituents is 1. The number of methoxy groups -OCH3 is 1. The summed E-state index contributed by atoms with van der Waals surface area (Å²) in [5.74, 6) is 0.189. The highest BCUT2D eigenvalue weighted by atomic mass is 16.5. The molecule has 1 heterocycles. The van der Waals surface area contributed by atoms with E-state index in [-0.39, 0.29) is 11.7 Å². The number of benzene rings is 1. The van der Waals surface area contributed by atoms with Crippen molar-refractivity contribution in [2.75, 3.05) is 12.4 Å². The van der Waals surface area contributed by atoms with Crippen LogP contribution in [0.4, 0.5) is 5.69 Å². The van der Waals surface area contributed by atoms with Crippen molar-refractivity contribution in [3.05, 3.63) is 48.2 Å². The molecule has 1 aromatic carbocycles. The number of hydrogen-bond acceptors (Lipinski definition) is 5. The highest BCUT2D eigenvalue weighted by Gasteiger charge is 2.16. The summed E-state index contributed by atoms with van der Waals surface area (Å²) in [5.41, 5.74) is 7.24. The van der Waals surface area contributed by atoms with Crippen molar-refractivity contribution in [3.63, 3.8) is 0 Å². The first-order valence-electron chi connectivity index (χ1n) is 6.43. The molecule has 0 unspecified atom stereocenters. The fraction of sp³-hybridized carbons (Fsp3) is 0.200. The molecule has 4 N–H and O–H groups in total. The second-order valence-corrected chi connectivity index (χ2v) is 4.53. The van der Waals surface area contributed by atoms with Gasteiger partial charge < -0.3 is 20.9 Å². The van der Waals surface area contributed by atoms with Crippen molar-refractivity contribution < 1.29 is 14.6 Å². The number of nitrogens with one attached hydrogen (secondary N) is 1. The SMILES string of the molecule is COc1ncccc1NC(=O)[C@@H](N)Cc1ccc(O)cc1. The molecule has 0 aliphatic rings. The van der Waals surface area contributed by atoms with E-state index in [4.69, 9.17) is 10.5 Å². The Labute approximate surface area is 122 Å². The smallest absolute Gasteiger partial charge is 0.241 e. The summed E-state index contributed by atoms with van der Waals surface area (Å²) in [7, 11) is 1.48. The molecule has 0 fully saturated rings. The van der Waals surface area contributed by atoms with Crippen LogP contribution in [0, 0.1) is 0 Å². The van der Waals surface area contributed by atoms with Gasteiger partial charge in [-0.3, -0.25) is 4.79 Å². The monoisotopic (exact) mass is 287 g/mol. The molecule has 2 aromatic rings. The van der Waals surface area contributed by atoms with Crippen molar-refractivity contribution in [1.29, 1.82) is 0 Å². The van der Waals surface area contributed by atoms with E-state index < -0.39 is 6.04 Å². The van der Waals surface area contributed by atoms with E-state index in [1.807, 2.05) is 0 Å². The van der Waals surface area contributed by atoms with Gasteiger partial charge in [0.25, 0.3) is 0 Å². The van der Waals surface area contributed by atoms with Crippen LogP contribution in [0.15, 0.2) is 42.6 Å². The molecular weight excluding hydrogens is 270 g/mol. The number of phenols is 1. The lowest BCUT2D eigenvalue weighted by atomic mass is 10.1. The van der Waals surface area contributed by atoms with E-state index in [2.05, 4.69) is 10.3 Å². The molecule has 0 spiro atoms. The molecule has 21 heavy (non-hydrogen) atoms. The van der Waals surface area contributed by atoms with Gasteiger partial charge in [0.05, 0.1) is 13.2 Å². The lowest BCUT2D eigenvalue weighted by Gasteiger charge is -2.13. The van der Waals surface area contributed by atoms with Gasteiger partial charge in [-0.1, -0.05) is 12.1 Å². The van der Waals surface area contributed by atoms with Gasteiger partial charge in [0.2, 0.25) is 11.8 Å². The molecular formula is C15H17N3O3. The molecule has 0 radical (unpaired) electrons. The van der Waals surface area contributed by atoms with Crippen LogP contribution < -0.4 is 15.8 Å². The normalized spacial score (nSPS) is 11.7. The Morgan fingerprint density at radius 3 is 2.76 bits per heavy atom. The van der Waals surface area contributed by atoms with Crippen LogP contribution in [0.2, 0.25) is 0 Å². The highest BCUT2D eigenvalue weighted by Crippen LogP contribution is 2.20. The third-order valence-corrected chi connectivity index (χ3v) is 2.95. The second-order valence-electron chi connectivity index (χ2n) is 4.53. The fourth-order valence-electron chi connectivity index (χ4n) is 1.85. The molecule has 0 saturated heterocycles. The zero-order valence-corrected chi connectivity index (χ0v) is 11.6. The Morgan fingerprint density at radius 1 is 1.38 bits per heavy atom. The van der Waals surface area contributed by atoms with E-state index in [1.165, 1.54) is 7.11 Å². The first-order valence-corrected chi connectivity index (χ1v) is 6.43. The van der Waals surface area contributed by atoms with Gasteiger partial charge >= 0.3 is 0 Å². The molecule has 0 bridgehead atoms. The predicted molar refractivity (Wildman–Crippen MR) is 79.2 cm³/mol. The molecule has 1 atom stereocenters. The van der Waals surface area contributed by atoms with Crippen molar-refractivity contribution in [2.24, 2.45) is 5.73 Å². The standard InChI is InChI=1S/C15H17N3O3/c1-21-15-13(3-2-8-17-15)18-14(20)12(16)9-10-4-6-11(19)7-5-10/h2-8,12,19H,9,16H2,1H3,(H,18,20)/t12-/m0/s1. The summed E-state index contributed by atoms with van der Waals surface area (Å²) >= 11 is 0. The number of aromatic nitrogens is 1. The number of aromatic hydroxyl groups is 1. The largest absolute Gasteiger partial charge is 0.508 e. The molecule has 6 heteroatoms. The quantitative estimate of drug-likeness (QED) is 0.770. The molecule has 2 rings (SSSR count). The zero-order valence-electron chi connectivity index (χ0n) is 11.6. The third-order valence-electron chi connectivity index (χ3n) is 2.95. The summed E-state index contributed by atoms with van der Waals surface area (Å²) in [6, 6.07) is 9.26. The van der Waals surface area contributed by atoms with E-state index >= 15 is 0 Å². The van der Waals surface area contributed by atoms with Crippen LogP contribution in [0.1, 0.15) is 5.56 Å². The lowest BCUT2D eigenvalue weighted by molar-refractivity contribution is -0.117. The van der Waals surface area contributed by atoms with Crippen LogP contribution in [-0.4, -0.2) is 29.1 Å². The van der Waals surface area contributed by atoms with Gasteiger partial charge in [0.1, 0.15) is 11.4 Å². The summed E-state index contributed by atoms with van der Waals surface area (Å²) in [6.07, 6.45) is 1.94. The number of carbonyl (C=O) groups excluding carboxylic acids is 1. The number of nitrogens with zero attached hydrogens (tertiary/aromatic N) is 1. The first kappa shape index (κ1) is 14.8. The van der Waals surface area contributed by atoms with E-state index in [1.54, 1.807) is 42.6 Å². The maximum Gasteiger partial charge on any atom is 0.241 e. The third kappa shape index (κ3) is 3.93. The maximum atomic E-state index is 12.1. The van der Waals surface area contributed by atoms with Crippen molar-refractivity contribution in [3.8, 4) is 11.6 Å². The van der Waals surface area contributed by atoms with Crippen LogP contribution in [0.3, 0.4) is 0 Å². The molecule has 0 aliphatic heterocycles. The topological polar surface area (TPSA) is 97.5 Å². The number of rotatable bonds is 5. The fourth-order valence-corrected chi connectivity index (χ4v) is 1.85. The summed E-state index contributed by atoms with van der Waals surface area (Å²) in [6.45, 7) is 0. The minimum Gasteiger partial charge on any atom is -0.508 e. The number of hydrogen-bond donors (Lipinski definition) is 3. The van der Waals surface area contributed by atoms with Crippen LogP contribution in [-0.2, 0) is 11.2 Å². The number of carbonyl (C=O) groups is 1. The highest BCUT2D eigenvalue weighted by molar-refractivity contribution is 5.95. The van der Waals surface area contributed by atoms with Crippen molar-refractivity contribution >= 4 is 11.6 Å². The Bertz CT molecular complexity index is 614. The molecule has 0 saturated carbocycles. The summed E-state index contributed by atoms with van der Waals surface area (Å²) in [4.78, 5) is 16.1. The minimum atomic E-state index is -0.709. The van der Waals surface area contributed by atoms with Crippen molar-refractivity contribution in [2.45, 2.75) is 12.5 Å². The van der Waals surface area contributed by atoms with E-state index in [0.29, 0.717) is 18.0 Å². The number of anilines is 1. The van der Waals surface area contributed by atoms with Gasteiger partial charge in [-0.05, 0) is 36.2 Å². The lowest BCUT2D eigenvalue weighted by Crippen LogP contribution is -2.37. The van der Waals surface area contributed by atoms with Crippen molar-refractivity contribution in [1.82, 2.24) is 4.98 Å². The molecule has 1 aromatic heterocycles. The van der Waals surface area contributed by atoms with Gasteiger partial charge in [-0.15, -0.1) is 0 Å². The second kappa shape index (κ2) is 6.71. The van der Waals surface area contributed by atoms with Crippen LogP contribution in [0.5, 0.6) is 11.6 Å². The van der Waals surface area contributed by atoms with E-state index in [0.717, 1.165) is 5.56 Å². The number of amides is 1. The van der Waals surface area contributed by atoms with Gasteiger partial charge in [-0.2, -0.15) is 0 Å². The first-order chi connectivity index (χ1) is 10.1. The van der Waals surface area contributed by atoms with Gasteiger partial charge in [0, 0.05) is 6.20 Å². The average Bonchev–Trinajstić information content (AvgIpc) is 2.50. The zero-order chi connectivity index (χ0) is 15.2. The van der Waals surface area contributed by atoms with Gasteiger partial charge in [-0.25, -0.2) is 4.98 Å². The molecule has 0 aliphatic carbocycles. The number of nitrogens with two attached hydrogens (primary N) is 1. The minimum absolute atomic E-state index is 0.178. The Hall–Kier alpha value is -2.60. The Kier molecular flexibility index (Phi) is 4.73.